The molecule has 2 heterocycles. The van der Waals surface area contributed by atoms with Crippen molar-refractivity contribution in [3.8, 4) is 5.75 Å². The van der Waals surface area contributed by atoms with Crippen molar-refractivity contribution < 1.29 is 38.5 Å². The number of carboxylic acid groups (broad SMARTS) is 1. The van der Waals surface area contributed by atoms with E-state index in [1.165, 1.54) is 11.3 Å². The first-order valence-corrected chi connectivity index (χ1v) is 26.2. The number of benzene rings is 6. The highest BCUT2D eigenvalue weighted by atomic mass is 32.1. The maximum Gasteiger partial charge on any atom is 0.407 e. The Morgan fingerprint density at radius 3 is 1.83 bits per heavy atom. The number of ether oxygens (including phenoxy) is 3. The monoisotopic (exact) mass is 1040 g/mol. The zero-order valence-electron chi connectivity index (χ0n) is 42.6. The highest BCUT2D eigenvalue weighted by molar-refractivity contribution is 7.14. The second-order valence-electron chi connectivity index (χ2n) is 19.7. The number of esters is 1. The lowest BCUT2D eigenvalue weighted by molar-refractivity contribution is -0.163. The Morgan fingerprint density at radius 2 is 1.29 bits per heavy atom. The largest absolute Gasteiger partial charge is 0.489 e. The first kappa shape index (κ1) is 52.4. The van der Waals surface area contributed by atoms with Gasteiger partial charge < -0.3 is 45.4 Å². The highest BCUT2D eigenvalue weighted by Gasteiger charge is 2.38. The smallest absolute Gasteiger partial charge is 0.407 e. The number of fused-ring (bicyclic) bond motifs is 1. The van der Waals surface area contributed by atoms with Gasteiger partial charge in [-0.05, 0) is 97.5 Å². The summed E-state index contributed by atoms with van der Waals surface area (Å²) in [7, 11) is 0. The number of guanidine groups is 1. The minimum Gasteiger partial charge on any atom is -0.489 e. The van der Waals surface area contributed by atoms with Gasteiger partial charge in [-0.25, -0.2) is 24.4 Å². The van der Waals surface area contributed by atoms with Crippen LogP contribution in [0.15, 0.2) is 185 Å². The average molecular weight is 1040 g/mol. The fourth-order valence-corrected chi connectivity index (χ4v) is 10.2. The molecule has 0 unspecified atom stereocenters. The lowest BCUT2D eigenvalue weighted by Crippen LogP contribution is -2.42. The minimum absolute atomic E-state index is 0.0106. The van der Waals surface area contributed by atoms with E-state index in [1.807, 2.05) is 189 Å². The second kappa shape index (κ2) is 23.8. The number of amides is 1. The molecule has 0 radical (unpaired) electrons. The van der Waals surface area contributed by atoms with E-state index < -0.39 is 47.1 Å². The molecule has 9 rings (SSSR count). The lowest BCUT2D eigenvalue weighted by Gasteiger charge is -2.36. The van der Waals surface area contributed by atoms with Crippen molar-refractivity contribution in [2.45, 2.75) is 95.0 Å². The predicted octanol–water partition coefficient (Wildman–Crippen LogP) is 10.6. The molecule has 390 valence electrons. The number of hydrogen-bond donors (Lipinski definition) is 4. The van der Waals surface area contributed by atoms with Gasteiger partial charge in [0.25, 0.3) is 6.10 Å². The molecule has 1 fully saturated rings. The first-order valence-electron chi connectivity index (χ1n) is 25.3. The fraction of sp³-hybridized carbons (Fsp3) is 0.267. The van der Waals surface area contributed by atoms with Gasteiger partial charge in [0.15, 0.2) is 17.2 Å². The van der Waals surface area contributed by atoms with Crippen LogP contribution in [0.1, 0.15) is 97.2 Å². The second-order valence-corrected chi connectivity index (χ2v) is 20.6. The van der Waals surface area contributed by atoms with Crippen molar-refractivity contribution >= 4 is 46.2 Å². The predicted molar refractivity (Wildman–Crippen MR) is 293 cm³/mol. The Kier molecular flexibility index (Phi) is 16.4. The van der Waals surface area contributed by atoms with Gasteiger partial charge in [-0.2, -0.15) is 0 Å². The molecule has 5 N–H and O–H groups in total. The zero-order valence-corrected chi connectivity index (χ0v) is 43.4. The SMILES string of the molecule is CC(C)(C)OC(=O)NC1CCC(N=C(N)N2Cc3ccc(OC[C@H](O/N=C(\C(=O)O)c4csc(NC(c5ccccc5)(c5ccccc5)c5ccccc5)n4)C(=O)OC(c4ccccc4)c4ccccc4)cc3C2)CC1. The summed E-state index contributed by atoms with van der Waals surface area (Å²) in [5, 5.41) is 23.4. The molecule has 1 atom stereocenters. The van der Waals surface area contributed by atoms with Gasteiger partial charge in [0, 0.05) is 24.5 Å². The van der Waals surface area contributed by atoms with Crippen LogP contribution in [0.3, 0.4) is 0 Å². The van der Waals surface area contributed by atoms with Crippen LogP contribution in [0.4, 0.5) is 9.93 Å². The van der Waals surface area contributed by atoms with E-state index in [9.17, 15) is 19.5 Å². The molecule has 1 saturated carbocycles. The van der Waals surface area contributed by atoms with E-state index in [1.54, 1.807) is 11.4 Å². The van der Waals surface area contributed by atoms with Gasteiger partial charge in [-0.15, -0.1) is 11.3 Å². The number of aromatic nitrogens is 1. The standard InChI is InChI=1S/C60H61N7O8S/c1-59(2,3)74-58(71)63-48-32-30-47(31-33-48)62-56(61)67-36-42-29-34-49(35-43(42)37-67)72-38-51(55(70)73-53(40-19-9-4-10-20-40)41-21-11-5-12-22-41)75-66-52(54(68)69)50-39-76-57(64-50)65-60(44-23-13-6-14-24-44,45-25-15-7-16-26-45)46-27-17-8-18-28-46/h4-29,34-35,39,47-48,51,53H,30-33,36-38H2,1-3H3,(H2,61,62)(H,63,71)(H,64,65)(H,68,69)/b66-52-/t47?,48?,51-/m0/s1. The van der Waals surface area contributed by atoms with Crippen molar-refractivity contribution in [3.05, 3.63) is 220 Å². The summed E-state index contributed by atoms with van der Waals surface area (Å²) in [6.07, 6.45) is 0.312. The molecule has 7 aromatic rings. The average Bonchev–Trinajstić information content (AvgIpc) is 4.09. The molecule has 0 bridgehead atoms. The number of nitrogens with zero attached hydrogens (tertiary/aromatic N) is 4. The van der Waals surface area contributed by atoms with Crippen LogP contribution in [-0.4, -0.2) is 75.1 Å². The summed E-state index contributed by atoms with van der Waals surface area (Å²) < 4.78 is 18.0. The van der Waals surface area contributed by atoms with Crippen molar-refractivity contribution in [2.24, 2.45) is 15.9 Å². The van der Waals surface area contributed by atoms with Crippen LogP contribution in [0, 0.1) is 0 Å². The Bertz CT molecular complexity index is 2990. The van der Waals surface area contributed by atoms with E-state index in [2.05, 4.69) is 15.8 Å². The summed E-state index contributed by atoms with van der Waals surface area (Å²) in [6, 6.07) is 54.2. The van der Waals surface area contributed by atoms with Gasteiger partial charge in [-0.1, -0.05) is 163 Å². The van der Waals surface area contributed by atoms with E-state index in [-0.39, 0.29) is 24.4 Å². The third-order valence-corrected chi connectivity index (χ3v) is 14.0. The van der Waals surface area contributed by atoms with Gasteiger partial charge >= 0.3 is 18.0 Å². The summed E-state index contributed by atoms with van der Waals surface area (Å²) in [4.78, 5) is 57.5. The van der Waals surface area contributed by atoms with Crippen LogP contribution in [0.2, 0.25) is 0 Å². The number of carboxylic acids is 1. The van der Waals surface area contributed by atoms with Gasteiger partial charge in [0.1, 0.15) is 29.2 Å². The number of oxime groups is 1. The molecular weight excluding hydrogens is 979 g/mol. The maximum atomic E-state index is 14.5. The van der Waals surface area contributed by atoms with Crippen LogP contribution in [0.25, 0.3) is 0 Å². The molecular formula is C60H61N7O8S. The van der Waals surface area contributed by atoms with Crippen molar-refractivity contribution in [2.75, 3.05) is 11.9 Å². The Hall–Kier alpha value is -8.50. The molecule has 2 aliphatic rings. The van der Waals surface area contributed by atoms with E-state index in [4.69, 9.17) is 34.8 Å². The topological polar surface area (TPSA) is 199 Å². The molecule has 76 heavy (non-hydrogen) atoms. The van der Waals surface area contributed by atoms with Crippen LogP contribution >= 0.6 is 11.3 Å². The first-order chi connectivity index (χ1) is 36.8. The van der Waals surface area contributed by atoms with Crippen molar-refractivity contribution in [3.63, 3.8) is 0 Å². The molecule has 1 aliphatic carbocycles. The van der Waals surface area contributed by atoms with Crippen molar-refractivity contribution in [1.29, 1.82) is 0 Å². The molecule has 15 nitrogen and oxygen atoms in total. The Labute approximate surface area is 446 Å². The summed E-state index contributed by atoms with van der Waals surface area (Å²) in [5.74, 6) is -1.39. The molecule has 6 aromatic carbocycles. The molecule has 1 aliphatic heterocycles. The minimum atomic E-state index is -1.54. The third kappa shape index (κ3) is 12.9. The number of rotatable bonds is 18. The van der Waals surface area contributed by atoms with E-state index in [0.29, 0.717) is 41.1 Å². The van der Waals surface area contributed by atoms with Crippen LogP contribution < -0.4 is 21.1 Å². The fourth-order valence-electron chi connectivity index (χ4n) is 9.50. The van der Waals surface area contributed by atoms with E-state index in [0.717, 1.165) is 53.5 Å². The Morgan fingerprint density at radius 1 is 0.750 bits per heavy atom. The molecule has 1 amide bonds. The summed E-state index contributed by atoms with van der Waals surface area (Å²) in [5.41, 5.74) is 10.8. The van der Waals surface area contributed by atoms with Gasteiger partial charge in [-0.3, -0.25) is 0 Å². The van der Waals surface area contributed by atoms with Crippen molar-refractivity contribution in [1.82, 2.24) is 15.2 Å². The number of alkyl carbamates (subject to hydrolysis) is 1. The summed E-state index contributed by atoms with van der Waals surface area (Å²) >= 11 is 1.21. The normalized spacial score (nSPS) is 16.3. The number of hydrogen-bond acceptors (Lipinski definition) is 12. The van der Waals surface area contributed by atoms with Gasteiger partial charge in [0.2, 0.25) is 5.71 Å². The quantitative estimate of drug-likeness (QED) is 0.0209. The maximum absolute atomic E-state index is 14.5. The highest BCUT2D eigenvalue weighted by Crippen LogP contribution is 2.41. The van der Waals surface area contributed by atoms with Crippen LogP contribution in [0.5, 0.6) is 5.75 Å². The van der Waals surface area contributed by atoms with Gasteiger partial charge in [0.05, 0.1) is 6.04 Å². The Balaban J connectivity index is 0.941. The third-order valence-electron chi connectivity index (χ3n) is 13.2. The number of nitrogens with two attached hydrogens (primary N) is 1. The number of anilines is 1. The lowest BCUT2D eigenvalue weighted by atomic mass is 9.77. The molecule has 16 heteroatoms. The molecule has 0 saturated heterocycles. The number of aliphatic carboxylic acids is 1. The van der Waals surface area contributed by atoms with Crippen LogP contribution in [-0.2, 0) is 42.5 Å². The number of carbonyl (C=O) groups is 3. The molecule has 1 aromatic heterocycles. The zero-order chi connectivity index (χ0) is 53.1. The summed E-state index contributed by atoms with van der Waals surface area (Å²) in [6.45, 7) is 6.17. The molecule has 0 spiro atoms. The number of aliphatic imine (C=N–C) groups is 1. The number of nitrogens with one attached hydrogen (secondary N) is 2. The number of carbonyl (C=O) groups excluding carboxylic acids is 2. The van der Waals surface area contributed by atoms with E-state index >= 15 is 0 Å². The number of thiazole rings is 1.